The third-order valence-corrected chi connectivity index (χ3v) is 3.72. The predicted molar refractivity (Wildman–Crippen MR) is 81.8 cm³/mol. The molecule has 3 rings (SSSR count). The van der Waals surface area contributed by atoms with Gasteiger partial charge in [-0.3, -0.25) is 0 Å². The highest BCUT2D eigenvalue weighted by Gasteiger charge is 2.14. The van der Waals surface area contributed by atoms with Gasteiger partial charge in [-0.15, -0.1) is 0 Å². The molecule has 0 aliphatic heterocycles. The molecule has 0 saturated carbocycles. The minimum absolute atomic E-state index is 0.176. The van der Waals surface area contributed by atoms with Crippen molar-refractivity contribution in [1.82, 2.24) is 0 Å². The molecule has 0 spiro atoms. The number of hydrogen-bond donors (Lipinski definition) is 1. The third kappa shape index (κ3) is 2.89. The molecular weight excluding hydrogens is 282 g/mol. The van der Waals surface area contributed by atoms with Gasteiger partial charge in [-0.2, -0.15) is 0 Å². The number of rotatable bonds is 5. The average molecular weight is 300 g/mol. The lowest BCUT2D eigenvalue weighted by atomic mass is 10.1. The van der Waals surface area contributed by atoms with Crippen LogP contribution in [0.25, 0.3) is 11.0 Å². The molecule has 0 radical (unpaired) electrons. The maximum Gasteiger partial charge on any atom is 0.336 e. The lowest BCUT2D eigenvalue weighted by molar-refractivity contribution is -0.709. The summed E-state index contributed by atoms with van der Waals surface area (Å²) in [7, 11) is 1.59. The molecule has 5 nitrogen and oxygen atoms in total. The Morgan fingerprint density at radius 1 is 1.27 bits per heavy atom. The van der Waals surface area contributed by atoms with Crippen molar-refractivity contribution in [3.05, 3.63) is 64.4 Å². The molecule has 1 aromatic carbocycles. The molecule has 0 fully saturated rings. The van der Waals surface area contributed by atoms with Crippen molar-refractivity contribution in [2.75, 3.05) is 7.11 Å². The van der Waals surface area contributed by atoms with E-state index in [0.29, 0.717) is 17.9 Å². The topological polar surface area (TPSA) is 69.2 Å². The van der Waals surface area contributed by atoms with Gasteiger partial charge in [-0.1, -0.05) is 0 Å². The number of furan rings is 1. The van der Waals surface area contributed by atoms with E-state index >= 15 is 0 Å². The fraction of sp³-hybridized carbons (Fsp3) is 0.235. The van der Waals surface area contributed by atoms with Gasteiger partial charge >= 0.3 is 5.63 Å². The van der Waals surface area contributed by atoms with Crippen LogP contribution in [-0.2, 0) is 6.54 Å². The number of benzene rings is 1. The van der Waals surface area contributed by atoms with Crippen molar-refractivity contribution < 1.29 is 18.9 Å². The summed E-state index contributed by atoms with van der Waals surface area (Å²) in [6.07, 6.45) is 1.67. The van der Waals surface area contributed by atoms with Gasteiger partial charge < -0.3 is 18.9 Å². The van der Waals surface area contributed by atoms with E-state index in [4.69, 9.17) is 13.6 Å². The van der Waals surface area contributed by atoms with E-state index in [0.717, 1.165) is 16.7 Å². The van der Waals surface area contributed by atoms with Crippen LogP contribution in [0.4, 0.5) is 0 Å². The minimum Gasteiger partial charge on any atom is -0.497 e. The average Bonchev–Trinajstić information content (AvgIpc) is 3.05. The lowest BCUT2D eigenvalue weighted by Crippen LogP contribution is -2.83. The first-order chi connectivity index (χ1) is 10.7. The second-order valence-electron chi connectivity index (χ2n) is 5.20. The van der Waals surface area contributed by atoms with Crippen molar-refractivity contribution in [3.8, 4) is 5.75 Å². The molecule has 1 atom stereocenters. The first-order valence-electron chi connectivity index (χ1n) is 7.15. The Morgan fingerprint density at radius 2 is 2.14 bits per heavy atom. The summed E-state index contributed by atoms with van der Waals surface area (Å²) in [6.45, 7) is 2.73. The summed E-state index contributed by atoms with van der Waals surface area (Å²) in [6, 6.07) is 11.0. The molecular formula is C17H18NO4+. The number of fused-ring (bicyclic) bond motifs is 1. The normalized spacial score (nSPS) is 12.5. The lowest BCUT2D eigenvalue weighted by Gasteiger charge is -2.10. The molecule has 0 bridgehead atoms. The second kappa shape index (κ2) is 6.07. The standard InChI is InChI=1S/C17H17NO4/c1-11(15-4-3-7-21-15)18-10-12-8-17(19)22-16-9-13(20-2)5-6-14(12)16/h3-9,11,18H,10H2,1-2H3/p+1/t11-/m1/s1. The van der Waals surface area contributed by atoms with Gasteiger partial charge in [-0.05, 0) is 31.2 Å². The van der Waals surface area contributed by atoms with E-state index in [1.807, 2.05) is 24.3 Å². The van der Waals surface area contributed by atoms with Gasteiger partial charge in [0.25, 0.3) is 0 Å². The van der Waals surface area contributed by atoms with E-state index in [1.54, 1.807) is 25.5 Å². The van der Waals surface area contributed by atoms with E-state index in [9.17, 15) is 4.79 Å². The molecule has 2 N–H and O–H groups in total. The maximum absolute atomic E-state index is 11.7. The Morgan fingerprint density at radius 3 is 2.86 bits per heavy atom. The molecule has 2 aromatic heterocycles. The summed E-state index contributed by atoms with van der Waals surface area (Å²) in [5.41, 5.74) is 1.13. The quantitative estimate of drug-likeness (QED) is 0.734. The first-order valence-corrected chi connectivity index (χ1v) is 7.15. The third-order valence-electron chi connectivity index (χ3n) is 3.72. The van der Waals surface area contributed by atoms with Gasteiger partial charge in [0.1, 0.15) is 23.9 Å². The fourth-order valence-corrected chi connectivity index (χ4v) is 2.48. The van der Waals surface area contributed by atoms with Crippen LogP contribution in [0, 0.1) is 0 Å². The number of methoxy groups -OCH3 is 1. The van der Waals surface area contributed by atoms with Gasteiger partial charge in [-0.25, -0.2) is 4.79 Å². The Hall–Kier alpha value is -2.53. The Bertz CT molecular complexity index is 820. The minimum atomic E-state index is -0.352. The van der Waals surface area contributed by atoms with Crippen LogP contribution in [0.3, 0.4) is 0 Å². The van der Waals surface area contributed by atoms with Crippen LogP contribution < -0.4 is 15.7 Å². The molecule has 5 heteroatoms. The highest BCUT2D eigenvalue weighted by atomic mass is 16.5. The van der Waals surface area contributed by atoms with Crippen molar-refractivity contribution in [1.29, 1.82) is 0 Å². The largest absolute Gasteiger partial charge is 0.497 e. The Labute approximate surface area is 127 Å². The fourth-order valence-electron chi connectivity index (χ4n) is 2.48. The zero-order valence-electron chi connectivity index (χ0n) is 12.5. The van der Waals surface area contributed by atoms with E-state index in [1.165, 1.54) is 0 Å². The molecule has 3 aromatic rings. The van der Waals surface area contributed by atoms with E-state index < -0.39 is 0 Å². The summed E-state index contributed by atoms with van der Waals surface area (Å²) in [5.74, 6) is 1.58. The van der Waals surface area contributed by atoms with Crippen LogP contribution >= 0.6 is 0 Å². The smallest absolute Gasteiger partial charge is 0.336 e. The molecule has 0 aliphatic rings. The van der Waals surface area contributed by atoms with E-state index in [-0.39, 0.29) is 11.7 Å². The van der Waals surface area contributed by atoms with Gasteiger partial charge in [0, 0.05) is 23.1 Å². The maximum atomic E-state index is 11.7. The molecule has 114 valence electrons. The highest BCUT2D eigenvalue weighted by molar-refractivity contribution is 5.81. The van der Waals surface area contributed by atoms with Crippen LogP contribution in [-0.4, -0.2) is 7.11 Å². The summed E-state index contributed by atoms with van der Waals surface area (Å²) < 4.78 is 15.8. The van der Waals surface area contributed by atoms with Crippen molar-refractivity contribution in [2.24, 2.45) is 0 Å². The van der Waals surface area contributed by atoms with Crippen LogP contribution in [0.15, 0.2) is 56.3 Å². The Kier molecular flexibility index (Phi) is 3.98. The zero-order chi connectivity index (χ0) is 15.5. The summed E-state index contributed by atoms with van der Waals surface area (Å²) in [4.78, 5) is 11.7. The first kappa shape index (κ1) is 14.4. The zero-order valence-corrected chi connectivity index (χ0v) is 12.5. The van der Waals surface area contributed by atoms with Gasteiger partial charge in [0.15, 0.2) is 5.76 Å². The number of hydrogen-bond acceptors (Lipinski definition) is 4. The van der Waals surface area contributed by atoms with Crippen LogP contribution in [0.1, 0.15) is 24.3 Å². The summed E-state index contributed by atoms with van der Waals surface area (Å²) >= 11 is 0. The van der Waals surface area contributed by atoms with E-state index in [2.05, 4.69) is 12.2 Å². The van der Waals surface area contributed by atoms with Crippen LogP contribution in [0.2, 0.25) is 0 Å². The van der Waals surface area contributed by atoms with Crippen LogP contribution in [0.5, 0.6) is 5.75 Å². The van der Waals surface area contributed by atoms with Crippen molar-refractivity contribution in [3.63, 3.8) is 0 Å². The molecule has 22 heavy (non-hydrogen) atoms. The predicted octanol–water partition coefficient (Wildman–Crippen LogP) is 2.22. The SMILES string of the molecule is COc1ccc2c(C[NH2+][C@H](C)c3ccco3)cc(=O)oc2c1. The molecule has 0 saturated heterocycles. The molecule has 0 aliphatic carbocycles. The summed E-state index contributed by atoms with van der Waals surface area (Å²) in [5, 5.41) is 3.04. The molecule has 0 unspecified atom stereocenters. The molecule has 0 amide bonds. The number of quaternary nitrogens is 1. The van der Waals surface area contributed by atoms with Gasteiger partial charge in [0.05, 0.1) is 13.4 Å². The number of ether oxygens (including phenoxy) is 1. The van der Waals surface area contributed by atoms with Crippen molar-refractivity contribution >= 4 is 11.0 Å². The highest BCUT2D eigenvalue weighted by Crippen LogP contribution is 2.22. The van der Waals surface area contributed by atoms with Crippen molar-refractivity contribution in [2.45, 2.75) is 19.5 Å². The monoisotopic (exact) mass is 300 g/mol. The Balaban J connectivity index is 1.88. The molecule has 2 heterocycles. The van der Waals surface area contributed by atoms with Gasteiger partial charge in [0.2, 0.25) is 0 Å². The number of nitrogens with two attached hydrogens (primary N) is 1. The second-order valence-corrected chi connectivity index (χ2v) is 5.20.